The van der Waals surface area contributed by atoms with E-state index < -0.39 is 5.91 Å². The molecular weight excluding hydrogens is 274 g/mol. The van der Waals surface area contributed by atoms with Crippen LogP contribution in [0.15, 0.2) is 30.3 Å². The molecule has 100 valence electrons. The predicted octanol–water partition coefficient (Wildman–Crippen LogP) is 2.85. The summed E-state index contributed by atoms with van der Waals surface area (Å²) in [5.41, 5.74) is 1.65. The van der Waals surface area contributed by atoms with E-state index in [0.29, 0.717) is 18.1 Å². The second-order valence-electron chi connectivity index (χ2n) is 4.79. The third kappa shape index (κ3) is 1.73. The van der Waals surface area contributed by atoms with Crippen LogP contribution >= 0.6 is 11.6 Å². The van der Waals surface area contributed by atoms with Crippen LogP contribution in [0.2, 0.25) is 0 Å². The van der Waals surface area contributed by atoms with Gasteiger partial charge in [0.2, 0.25) is 0 Å². The number of carbonyl (C=O) groups is 1. The Hall–Kier alpha value is -2.18. The molecule has 0 radical (unpaired) electrons. The van der Waals surface area contributed by atoms with E-state index in [1.807, 2.05) is 24.3 Å². The Morgan fingerprint density at radius 1 is 1.45 bits per heavy atom. The first-order valence-corrected chi connectivity index (χ1v) is 6.79. The molecule has 3 rings (SSSR count). The minimum atomic E-state index is -0.409. The number of nitrogens with zero attached hydrogens (tertiary/aromatic N) is 1. The number of hydrogen-bond donors (Lipinski definition) is 1. The molecule has 0 aliphatic carbocycles. The van der Waals surface area contributed by atoms with Gasteiger partial charge in [-0.05, 0) is 16.9 Å². The van der Waals surface area contributed by atoms with E-state index in [4.69, 9.17) is 18.0 Å². The van der Waals surface area contributed by atoms with Crippen molar-refractivity contribution in [1.82, 2.24) is 0 Å². The highest BCUT2D eigenvalue weighted by Gasteiger charge is 2.33. The van der Waals surface area contributed by atoms with Crippen LogP contribution < -0.4 is 4.90 Å². The standard InChI is InChI=1S/C16H12ClNO2/c1-2-15(20)18-9-10(8-17)16-12-6-4-3-5-11(12)14(19)7-13(16)18/h1,3-7,10,19H,8-9H2/t10-/m1/s1. The van der Waals surface area contributed by atoms with E-state index in [2.05, 4.69) is 5.92 Å². The first-order chi connectivity index (χ1) is 9.67. The molecule has 0 unspecified atom stereocenters. The van der Waals surface area contributed by atoms with Gasteiger partial charge in [-0.3, -0.25) is 4.79 Å². The van der Waals surface area contributed by atoms with Gasteiger partial charge in [0.05, 0.1) is 5.69 Å². The van der Waals surface area contributed by atoms with E-state index in [9.17, 15) is 9.90 Å². The van der Waals surface area contributed by atoms with Crippen LogP contribution in [-0.4, -0.2) is 23.4 Å². The number of alkyl halides is 1. The molecule has 1 aliphatic rings. The van der Waals surface area contributed by atoms with Gasteiger partial charge in [-0.25, -0.2) is 0 Å². The van der Waals surface area contributed by atoms with Crippen LogP contribution in [-0.2, 0) is 4.79 Å². The van der Waals surface area contributed by atoms with Crippen molar-refractivity contribution in [3.63, 3.8) is 0 Å². The van der Waals surface area contributed by atoms with Crippen molar-refractivity contribution in [2.75, 3.05) is 17.3 Å². The summed E-state index contributed by atoms with van der Waals surface area (Å²) >= 11 is 6.04. The quantitative estimate of drug-likeness (QED) is 0.646. The second kappa shape index (κ2) is 4.73. The maximum absolute atomic E-state index is 11.9. The van der Waals surface area contributed by atoms with Crippen molar-refractivity contribution in [2.24, 2.45) is 0 Å². The number of benzene rings is 2. The van der Waals surface area contributed by atoms with Gasteiger partial charge in [0.25, 0.3) is 0 Å². The lowest BCUT2D eigenvalue weighted by molar-refractivity contribution is -0.113. The Labute approximate surface area is 121 Å². The largest absolute Gasteiger partial charge is 0.507 e. The first-order valence-electron chi connectivity index (χ1n) is 6.26. The molecule has 0 bridgehead atoms. The van der Waals surface area contributed by atoms with E-state index in [0.717, 1.165) is 16.3 Å². The first kappa shape index (κ1) is 12.8. The molecule has 2 aromatic carbocycles. The summed E-state index contributed by atoms with van der Waals surface area (Å²) in [6.07, 6.45) is 5.21. The highest BCUT2D eigenvalue weighted by Crippen LogP contribution is 2.44. The highest BCUT2D eigenvalue weighted by molar-refractivity contribution is 6.19. The van der Waals surface area contributed by atoms with Gasteiger partial charge in [-0.1, -0.05) is 24.3 Å². The van der Waals surface area contributed by atoms with Gasteiger partial charge in [-0.2, -0.15) is 0 Å². The maximum Gasteiger partial charge on any atom is 0.302 e. The Kier molecular flexibility index (Phi) is 3.04. The van der Waals surface area contributed by atoms with Gasteiger partial charge in [0.1, 0.15) is 5.75 Å². The average molecular weight is 286 g/mol. The summed E-state index contributed by atoms with van der Waals surface area (Å²) in [5, 5.41) is 11.8. The van der Waals surface area contributed by atoms with Crippen molar-refractivity contribution >= 4 is 34.0 Å². The number of fused-ring (bicyclic) bond motifs is 3. The maximum atomic E-state index is 11.9. The molecular formula is C16H12ClNO2. The van der Waals surface area contributed by atoms with Crippen molar-refractivity contribution in [2.45, 2.75) is 5.92 Å². The molecule has 1 aliphatic heterocycles. The number of halogens is 1. The fraction of sp³-hybridized carbons (Fsp3) is 0.188. The highest BCUT2D eigenvalue weighted by atomic mass is 35.5. The van der Waals surface area contributed by atoms with E-state index in [1.165, 1.54) is 4.90 Å². The fourth-order valence-corrected chi connectivity index (χ4v) is 3.07. The number of amides is 1. The van der Waals surface area contributed by atoms with Crippen LogP contribution in [0.3, 0.4) is 0 Å². The molecule has 20 heavy (non-hydrogen) atoms. The Morgan fingerprint density at radius 3 is 2.80 bits per heavy atom. The molecule has 0 saturated heterocycles. The molecule has 1 amide bonds. The number of phenols is 1. The van der Waals surface area contributed by atoms with Crippen LogP contribution in [0.1, 0.15) is 11.5 Å². The predicted molar refractivity (Wildman–Crippen MR) is 80.3 cm³/mol. The van der Waals surface area contributed by atoms with E-state index >= 15 is 0 Å². The Balaban J connectivity index is 2.32. The van der Waals surface area contributed by atoms with Crippen molar-refractivity contribution in [3.05, 3.63) is 35.9 Å². The number of rotatable bonds is 1. The Bertz CT molecular complexity index is 748. The molecule has 0 aromatic heterocycles. The molecule has 0 saturated carbocycles. The molecule has 0 spiro atoms. The normalized spacial score (nSPS) is 17.0. The average Bonchev–Trinajstić information content (AvgIpc) is 2.85. The minimum absolute atomic E-state index is 0.0227. The van der Waals surface area contributed by atoms with Crippen molar-refractivity contribution < 1.29 is 9.90 Å². The summed E-state index contributed by atoms with van der Waals surface area (Å²) < 4.78 is 0. The molecule has 2 aromatic rings. The zero-order valence-corrected chi connectivity index (χ0v) is 11.4. The summed E-state index contributed by atoms with van der Waals surface area (Å²) in [6, 6.07) is 9.14. The Morgan fingerprint density at radius 2 is 2.15 bits per heavy atom. The van der Waals surface area contributed by atoms with Crippen molar-refractivity contribution in [1.29, 1.82) is 0 Å². The van der Waals surface area contributed by atoms with Crippen LogP contribution in [0.4, 0.5) is 5.69 Å². The molecule has 1 atom stereocenters. The summed E-state index contributed by atoms with van der Waals surface area (Å²) in [4.78, 5) is 13.4. The summed E-state index contributed by atoms with van der Waals surface area (Å²) in [7, 11) is 0. The van der Waals surface area contributed by atoms with E-state index in [-0.39, 0.29) is 11.7 Å². The second-order valence-corrected chi connectivity index (χ2v) is 5.09. The number of carbonyl (C=O) groups excluding carboxylic acids is 1. The van der Waals surface area contributed by atoms with Crippen LogP contribution in [0.5, 0.6) is 5.75 Å². The zero-order chi connectivity index (χ0) is 14.3. The lowest BCUT2D eigenvalue weighted by atomic mass is 9.95. The third-order valence-corrected chi connectivity index (χ3v) is 4.07. The zero-order valence-electron chi connectivity index (χ0n) is 10.6. The lowest BCUT2D eigenvalue weighted by Crippen LogP contribution is -2.28. The third-order valence-electron chi connectivity index (χ3n) is 3.70. The number of anilines is 1. The van der Waals surface area contributed by atoms with Crippen LogP contribution in [0.25, 0.3) is 10.8 Å². The summed E-state index contributed by atoms with van der Waals surface area (Å²) in [6.45, 7) is 0.454. The van der Waals surface area contributed by atoms with Crippen LogP contribution in [0, 0.1) is 12.3 Å². The number of aromatic hydroxyl groups is 1. The van der Waals surface area contributed by atoms with Gasteiger partial charge < -0.3 is 10.0 Å². The van der Waals surface area contributed by atoms with Crippen molar-refractivity contribution in [3.8, 4) is 18.1 Å². The van der Waals surface area contributed by atoms with Gasteiger partial charge in [0.15, 0.2) is 0 Å². The number of hydrogen-bond acceptors (Lipinski definition) is 2. The SMILES string of the molecule is C#CC(=O)N1C[C@@H](CCl)c2c1cc(O)c1ccccc21. The number of phenolic OH excluding ortho intramolecular Hbond substituents is 1. The van der Waals surface area contributed by atoms with Gasteiger partial charge >= 0.3 is 5.91 Å². The molecule has 1 N–H and O–H groups in total. The molecule has 0 fully saturated rings. The fourth-order valence-electron chi connectivity index (χ4n) is 2.82. The monoisotopic (exact) mass is 285 g/mol. The summed E-state index contributed by atoms with van der Waals surface area (Å²) in [5.74, 6) is 2.28. The smallest absolute Gasteiger partial charge is 0.302 e. The minimum Gasteiger partial charge on any atom is -0.507 e. The van der Waals surface area contributed by atoms with Gasteiger partial charge in [0, 0.05) is 29.8 Å². The molecule has 3 nitrogen and oxygen atoms in total. The molecule has 4 heteroatoms. The number of terminal acetylenes is 1. The lowest BCUT2D eigenvalue weighted by Gasteiger charge is -2.15. The van der Waals surface area contributed by atoms with E-state index in [1.54, 1.807) is 6.07 Å². The molecule has 1 heterocycles. The topological polar surface area (TPSA) is 40.5 Å². The van der Waals surface area contributed by atoms with Gasteiger partial charge in [-0.15, -0.1) is 18.0 Å².